The number of ether oxygens (including phenoxy) is 1. The standard InChI is InChI=1S/C24H41N5O4/c1-2-3-4-5-6-7-8-9-10-11-12-13-20(31)33-15-14-18(17-30)16-19-26-21-22(27-19)28-24(25)29-23(21)32/h18,30H,2-17H2,1H3,(H4,25,26,27,28,29,32). The van der Waals surface area contributed by atoms with Crippen LogP contribution >= 0.6 is 0 Å². The maximum Gasteiger partial charge on any atom is 0.305 e. The first-order valence-corrected chi connectivity index (χ1v) is 12.5. The van der Waals surface area contributed by atoms with Gasteiger partial charge in [0.05, 0.1) is 6.61 Å². The molecule has 1 unspecified atom stereocenters. The zero-order valence-electron chi connectivity index (χ0n) is 20.0. The number of carbonyl (C=O) groups excluding carboxylic acids is 1. The van der Waals surface area contributed by atoms with Crippen LogP contribution in [0.15, 0.2) is 4.79 Å². The summed E-state index contributed by atoms with van der Waals surface area (Å²) in [4.78, 5) is 37.4. The summed E-state index contributed by atoms with van der Waals surface area (Å²) in [5.41, 5.74) is 5.66. The van der Waals surface area contributed by atoms with Gasteiger partial charge in [-0.15, -0.1) is 0 Å². The Bertz CT molecular complexity index is 879. The van der Waals surface area contributed by atoms with Gasteiger partial charge in [-0.25, -0.2) is 4.98 Å². The second-order valence-electron chi connectivity index (χ2n) is 8.88. The third kappa shape index (κ3) is 10.4. The number of nitrogens with one attached hydrogen (secondary N) is 2. The van der Waals surface area contributed by atoms with Gasteiger partial charge in [-0.3, -0.25) is 14.6 Å². The van der Waals surface area contributed by atoms with Gasteiger partial charge in [0.25, 0.3) is 5.56 Å². The summed E-state index contributed by atoms with van der Waals surface area (Å²) in [5, 5.41) is 9.66. The van der Waals surface area contributed by atoms with E-state index in [1.807, 2.05) is 0 Å². The second kappa shape index (κ2) is 15.4. The van der Waals surface area contributed by atoms with Crippen LogP contribution in [0, 0.1) is 5.92 Å². The van der Waals surface area contributed by atoms with Crippen molar-refractivity contribution in [1.29, 1.82) is 0 Å². The van der Waals surface area contributed by atoms with E-state index in [2.05, 4.69) is 26.9 Å². The van der Waals surface area contributed by atoms with E-state index in [1.165, 1.54) is 57.8 Å². The van der Waals surface area contributed by atoms with Gasteiger partial charge in [0.15, 0.2) is 11.2 Å². The lowest BCUT2D eigenvalue weighted by Crippen LogP contribution is -2.15. The number of rotatable bonds is 18. The molecule has 0 fully saturated rings. The molecule has 33 heavy (non-hydrogen) atoms. The number of aromatic amines is 2. The van der Waals surface area contributed by atoms with Crippen molar-refractivity contribution in [1.82, 2.24) is 19.9 Å². The van der Waals surface area contributed by atoms with Crippen molar-refractivity contribution in [2.24, 2.45) is 5.92 Å². The van der Waals surface area contributed by atoms with E-state index >= 15 is 0 Å². The Morgan fingerprint density at radius 2 is 1.64 bits per heavy atom. The van der Waals surface area contributed by atoms with E-state index < -0.39 is 0 Å². The molecule has 186 valence electrons. The van der Waals surface area contributed by atoms with Crippen LogP contribution in [0.25, 0.3) is 11.2 Å². The fourth-order valence-electron chi connectivity index (χ4n) is 3.95. The number of H-pyrrole nitrogens is 2. The molecular formula is C24H41N5O4. The molecule has 1 atom stereocenters. The van der Waals surface area contributed by atoms with Crippen LogP contribution in [0.5, 0.6) is 0 Å². The summed E-state index contributed by atoms with van der Waals surface area (Å²) in [5.74, 6) is 0.225. The van der Waals surface area contributed by atoms with Gasteiger partial charge in [-0.05, 0) is 18.8 Å². The van der Waals surface area contributed by atoms with Crippen molar-refractivity contribution in [3.8, 4) is 0 Å². The molecule has 9 nitrogen and oxygen atoms in total. The first-order valence-electron chi connectivity index (χ1n) is 12.5. The minimum Gasteiger partial charge on any atom is -0.466 e. The molecular weight excluding hydrogens is 422 g/mol. The second-order valence-corrected chi connectivity index (χ2v) is 8.88. The highest BCUT2D eigenvalue weighted by molar-refractivity contribution is 5.70. The minimum atomic E-state index is -0.381. The van der Waals surface area contributed by atoms with Crippen molar-refractivity contribution >= 4 is 23.1 Å². The van der Waals surface area contributed by atoms with Crippen molar-refractivity contribution in [2.45, 2.75) is 96.8 Å². The lowest BCUT2D eigenvalue weighted by molar-refractivity contribution is -0.144. The Morgan fingerprint density at radius 3 is 2.27 bits per heavy atom. The summed E-state index contributed by atoms with van der Waals surface area (Å²) < 4.78 is 5.33. The topological polar surface area (TPSA) is 147 Å². The quantitative estimate of drug-likeness (QED) is 0.193. The van der Waals surface area contributed by atoms with E-state index in [0.717, 1.165) is 12.8 Å². The van der Waals surface area contributed by atoms with Gasteiger partial charge in [0.2, 0.25) is 5.95 Å². The molecule has 0 aliphatic heterocycles. The maximum atomic E-state index is 12.0. The van der Waals surface area contributed by atoms with Gasteiger partial charge in [0, 0.05) is 19.4 Å². The van der Waals surface area contributed by atoms with Gasteiger partial charge >= 0.3 is 5.97 Å². The van der Waals surface area contributed by atoms with Gasteiger partial charge < -0.3 is 20.6 Å². The summed E-state index contributed by atoms with van der Waals surface area (Å²) >= 11 is 0. The number of imidazole rings is 1. The van der Waals surface area contributed by atoms with Crippen LogP contribution in [0.4, 0.5) is 5.95 Å². The number of hydrogen-bond donors (Lipinski definition) is 4. The number of nitrogens with two attached hydrogens (primary N) is 1. The number of nitrogens with zero attached hydrogens (tertiary/aromatic N) is 2. The Morgan fingerprint density at radius 1 is 1.00 bits per heavy atom. The molecule has 0 bridgehead atoms. The van der Waals surface area contributed by atoms with Crippen LogP contribution < -0.4 is 11.3 Å². The van der Waals surface area contributed by atoms with Crippen LogP contribution in [-0.2, 0) is 16.0 Å². The molecule has 9 heteroatoms. The number of aliphatic hydroxyl groups is 1. The summed E-state index contributed by atoms with van der Waals surface area (Å²) in [6, 6.07) is 0. The number of aliphatic hydroxyl groups excluding tert-OH is 1. The highest BCUT2D eigenvalue weighted by atomic mass is 16.5. The molecule has 2 rings (SSSR count). The van der Waals surface area contributed by atoms with E-state index in [0.29, 0.717) is 25.1 Å². The number of unbranched alkanes of at least 4 members (excludes halogenated alkanes) is 10. The average Bonchev–Trinajstić information content (AvgIpc) is 3.19. The first kappa shape index (κ1) is 26.8. The summed E-state index contributed by atoms with van der Waals surface area (Å²) in [7, 11) is 0. The van der Waals surface area contributed by atoms with E-state index in [1.54, 1.807) is 0 Å². The molecule has 2 heterocycles. The Labute approximate surface area is 195 Å². The zero-order chi connectivity index (χ0) is 23.9. The average molecular weight is 464 g/mol. The van der Waals surface area contributed by atoms with Crippen molar-refractivity contribution in [3.63, 3.8) is 0 Å². The lowest BCUT2D eigenvalue weighted by atomic mass is 10.0. The highest BCUT2D eigenvalue weighted by Gasteiger charge is 2.15. The minimum absolute atomic E-state index is 0.00831. The number of fused-ring (bicyclic) bond motifs is 1. The number of carbonyl (C=O) groups is 1. The number of esters is 1. The van der Waals surface area contributed by atoms with Crippen molar-refractivity contribution in [3.05, 3.63) is 16.2 Å². The predicted octanol–water partition coefficient (Wildman–Crippen LogP) is 4.01. The molecule has 5 N–H and O–H groups in total. The van der Waals surface area contributed by atoms with Gasteiger partial charge in [0.1, 0.15) is 5.82 Å². The molecule has 0 aliphatic carbocycles. The number of aromatic nitrogens is 4. The number of hydrogen-bond acceptors (Lipinski definition) is 7. The van der Waals surface area contributed by atoms with Crippen molar-refractivity contribution in [2.75, 3.05) is 18.9 Å². The maximum absolute atomic E-state index is 12.0. The molecule has 0 spiro atoms. The Kier molecular flexibility index (Phi) is 12.5. The molecule has 0 saturated heterocycles. The first-order chi connectivity index (χ1) is 16.0. The van der Waals surface area contributed by atoms with E-state index in [4.69, 9.17) is 10.5 Å². The highest BCUT2D eigenvalue weighted by Crippen LogP contribution is 2.14. The number of anilines is 1. The molecule has 0 saturated carbocycles. The molecule has 0 aromatic carbocycles. The summed E-state index contributed by atoms with van der Waals surface area (Å²) in [6.07, 6.45) is 15.1. The SMILES string of the molecule is CCCCCCCCCCCCCC(=O)OCCC(CO)Cc1nc2nc(N)[nH]c(=O)c2[nH]1. The normalized spacial score (nSPS) is 12.3. The van der Waals surface area contributed by atoms with E-state index in [9.17, 15) is 14.7 Å². The third-order valence-electron chi connectivity index (χ3n) is 5.94. The monoisotopic (exact) mass is 463 g/mol. The molecule has 0 amide bonds. The van der Waals surface area contributed by atoms with Crippen molar-refractivity contribution < 1.29 is 14.6 Å². The molecule has 0 aliphatic rings. The summed E-state index contributed by atoms with van der Waals surface area (Å²) in [6.45, 7) is 2.43. The Hall–Kier alpha value is -2.42. The smallest absolute Gasteiger partial charge is 0.305 e. The zero-order valence-corrected chi connectivity index (χ0v) is 20.0. The molecule has 2 aromatic heterocycles. The van der Waals surface area contributed by atoms with Gasteiger partial charge in [-0.2, -0.15) is 4.98 Å². The Balaban J connectivity index is 1.54. The van der Waals surface area contributed by atoms with Crippen LogP contribution in [-0.4, -0.2) is 44.2 Å². The predicted molar refractivity (Wildman–Crippen MR) is 130 cm³/mol. The van der Waals surface area contributed by atoms with Gasteiger partial charge in [-0.1, -0.05) is 71.1 Å². The molecule has 0 radical (unpaired) electrons. The van der Waals surface area contributed by atoms with E-state index in [-0.39, 0.29) is 47.8 Å². The van der Waals surface area contributed by atoms with Crippen LogP contribution in [0.1, 0.15) is 96.2 Å². The molecule has 2 aromatic rings. The largest absolute Gasteiger partial charge is 0.466 e. The fraction of sp³-hybridized carbons (Fsp3) is 0.750. The lowest BCUT2D eigenvalue weighted by Gasteiger charge is -2.12. The number of nitrogen functional groups attached to an aromatic ring is 1. The fourth-order valence-corrected chi connectivity index (χ4v) is 3.95. The van der Waals surface area contributed by atoms with Crippen LogP contribution in [0.3, 0.4) is 0 Å². The third-order valence-corrected chi connectivity index (χ3v) is 5.94. The van der Waals surface area contributed by atoms with Crippen LogP contribution in [0.2, 0.25) is 0 Å².